The van der Waals surface area contributed by atoms with E-state index in [1.807, 2.05) is 44.2 Å². The molecule has 0 atom stereocenters. The number of halogens is 2. The van der Waals surface area contributed by atoms with Gasteiger partial charge in [0.25, 0.3) is 0 Å². The molecule has 1 heterocycles. The van der Waals surface area contributed by atoms with Crippen molar-refractivity contribution in [1.29, 1.82) is 0 Å². The van der Waals surface area contributed by atoms with Crippen molar-refractivity contribution in [3.63, 3.8) is 0 Å². The second kappa shape index (κ2) is 9.71. The van der Waals surface area contributed by atoms with Gasteiger partial charge in [-0.3, -0.25) is 4.79 Å². The topological polar surface area (TPSA) is 58.6 Å². The van der Waals surface area contributed by atoms with E-state index < -0.39 is 5.41 Å². The van der Waals surface area contributed by atoms with Crippen molar-refractivity contribution in [2.45, 2.75) is 33.1 Å². The van der Waals surface area contributed by atoms with Gasteiger partial charge in [0.05, 0.1) is 12.0 Å². The number of nitrogens with zero attached hydrogens (tertiary/aromatic N) is 1. The summed E-state index contributed by atoms with van der Waals surface area (Å²) in [5.41, 5.74) is 2.02. The molecule has 0 unspecified atom stereocenters. The molecule has 0 aromatic heterocycles. The molecule has 5 nitrogen and oxygen atoms in total. The maximum atomic E-state index is 12.9. The van der Waals surface area contributed by atoms with Gasteiger partial charge in [-0.05, 0) is 74.6 Å². The highest BCUT2D eigenvalue weighted by atomic mass is 35.5. The summed E-state index contributed by atoms with van der Waals surface area (Å²) in [6.07, 6.45) is 1.65. The van der Waals surface area contributed by atoms with E-state index in [1.165, 1.54) is 0 Å². The summed E-state index contributed by atoms with van der Waals surface area (Å²) in [5.74, 6) is -0.200. The average Bonchev–Trinajstić information content (AvgIpc) is 2.72. The Morgan fingerprint density at radius 2 is 1.70 bits per heavy atom. The van der Waals surface area contributed by atoms with Crippen molar-refractivity contribution < 1.29 is 14.3 Å². The number of rotatable bonds is 5. The van der Waals surface area contributed by atoms with Crippen molar-refractivity contribution in [2.75, 3.05) is 25.0 Å². The molecule has 2 aromatic rings. The van der Waals surface area contributed by atoms with E-state index in [0.29, 0.717) is 49.0 Å². The number of esters is 1. The van der Waals surface area contributed by atoms with Gasteiger partial charge in [-0.25, -0.2) is 4.79 Å². The fourth-order valence-electron chi connectivity index (χ4n) is 3.83. The summed E-state index contributed by atoms with van der Waals surface area (Å²) < 4.78 is 5.40. The Balaban J connectivity index is 1.69. The Labute approximate surface area is 187 Å². The molecule has 1 fully saturated rings. The molecule has 0 aliphatic carbocycles. The number of likely N-dealkylation sites (tertiary alicyclic amines) is 1. The molecule has 2 amide bonds. The molecule has 30 heavy (non-hydrogen) atoms. The summed E-state index contributed by atoms with van der Waals surface area (Å²) >= 11 is 12.0. The number of aryl methyl sites for hydroxylation is 1. The van der Waals surface area contributed by atoms with E-state index in [2.05, 4.69) is 5.32 Å². The van der Waals surface area contributed by atoms with Crippen LogP contribution in [0.25, 0.3) is 0 Å². The lowest BCUT2D eigenvalue weighted by Gasteiger charge is -2.40. The van der Waals surface area contributed by atoms with Gasteiger partial charge in [0.15, 0.2) is 0 Å². The smallest absolute Gasteiger partial charge is 0.321 e. The van der Waals surface area contributed by atoms with Gasteiger partial charge in [0.1, 0.15) is 0 Å². The molecular formula is C23H26Cl2N2O3. The molecule has 7 heteroatoms. The molecular weight excluding hydrogens is 423 g/mol. The van der Waals surface area contributed by atoms with Crippen LogP contribution in [0.1, 0.15) is 30.9 Å². The first-order chi connectivity index (χ1) is 14.3. The standard InChI is InChI=1S/C23H26Cl2N2O3/c1-3-30-21(28)23(15-17-4-6-18(24)7-5-17)10-12-27(13-11-23)22(29)26-20-9-8-19(25)14-16(20)2/h4-9,14H,3,10-13,15H2,1-2H3,(H,26,29). The van der Waals surface area contributed by atoms with E-state index >= 15 is 0 Å². The zero-order valence-electron chi connectivity index (χ0n) is 17.2. The maximum Gasteiger partial charge on any atom is 0.321 e. The second-order valence-electron chi connectivity index (χ2n) is 7.68. The predicted molar refractivity (Wildman–Crippen MR) is 120 cm³/mol. The van der Waals surface area contributed by atoms with Gasteiger partial charge < -0.3 is 15.0 Å². The van der Waals surface area contributed by atoms with Crippen molar-refractivity contribution in [2.24, 2.45) is 5.41 Å². The first kappa shape index (κ1) is 22.4. The number of urea groups is 1. The van der Waals surface area contributed by atoms with Gasteiger partial charge in [-0.15, -0.1) is 0 Å². The Hall–Kier alpha value is -2.24. The van der Waals surface area contributed by atoms with Crippen molar-refractivity contribution in [3.8, 4) is 0 Å². The molecule has 0 bridgehead atoms. The number of nitrogens with one attached hydrogen (secondary N) is 1. The van der Waals surface area contributed by atoms with Crippen LogP contribution in [0.4, 0.5) is 10.5 Å². The van der Waals surface area contributed by atoms with Crippen LogP contribution in [0.3, 0.4) is 0 Å². The molecule has 3 rings (SSSR count). The van der Waals surface area contributed by atoms with Gasteiger partial charge in [0.2, 0.25) is 0 Å². The minimum atomic E-state index is -0.642. The maximum absolute atomic E-state index is 12.9. The largest absolute Gasteiger partial charge is 0.466 e. The predicted octanol–water partition coefficient (Wildman–Crippen LogP) is 5.72. The number of piperidine rings is 1. The number of benzene rings is 2. The Morgan fingerprint density at radius 3 is 2.30 bits per heavy atom. The minimum absolute atomic E-state index is 0.177. The van der Waals surface area contributed by atoms with Crippen LogP contribution in [-0.2, 0) is 16.0 Å². The molecule has 1 aliphatic rings. The van der Waals surface area contributed by atoms with Crippen LogP contribution >= 0.6 is 23.2 Å². The number of anilines is 1. The minimum Gasteiger partial charge on any atom is -0.466 e. The highest BCUT2D eigenvalue weighted by molar-refractivity contribution is 6.31. The van der Waals surface area contributed by atoms with E-state index in [9.17, 15) is 9.59 Å². The van der Waals surface area contributed by atoms with Crippen LogP contribution in [0.5, 0.6) is 0 Å². The summed E-state index contributed by atoms with van der Waals surface area (Å²) in [7, 11) is 0. The Bertz CT molecular complexity index is 907. The lowest BCUT2D eigenvalue weighted by Crippen LogP contribution is -2.49. The fraction of sp³-hybridized carbons (Fsp3) is 0.391. The van der Waals surface area contributed by atoms with Crippen LogP contribution < -0.4 is 5.32 Å². The SMILES string of the molecule is CCOC(=O)C1(Cc2ccc(Cl)cc2)CCN(C(=O)Nc2ccc(Cl)cc2C)CC1. The Morgan fingerprint density at radius 1 is 1.07 bits per heavy atom. The van der Waals surface area contributed by atoms with Gasteiger partial charge >= 0.3 is 12.0 Å². The molecule has 0 saturated carbocycles. The molecule has 1 N–H and O–H groups in total. The lowest BCUT2D eigenvalue weighted by atomic mass is 9.73. The number of hydrogen-bond donors (Lipinski definition) is 1. The summed E-state index contributed by atoms with van der Waals surface area (Å²) in [6.45, 7) is 5.00. The van der Waals surface area contributed by atoms with E-state index in [4.69, 9.17) is 27.9 Å². The first-order valence-corrected chi connectivity index (χ1v) is 10.8. The first-order valence-electron chi connectivity index (χ1n) is 10.1. The summed E-state index contributed by atoms with van der Waals surface area (Å²) in [6, 6.07) is 12.7. The molecule has 1 saturated heterocycles. The normalized spacial score (nSPS) is 15.5. The monoisotopic (exact) mass is 448 g/mol. The third kappa shape index (κ3) is 5.27. The lowest BCUT2D eigenvalue weighted by molar-refractivity contribution is -0.158. The van der Waals surface area contributed by atoms with Crippen LogP contribution in [0.2, 0.25) is 10.0 Å². The summed E-state index contributed by atoms with van der Waals surface area (Å²) in [5, 5.41) is 4.23. The second-order valence-corrected chi connectivity index (χ2v) is 8.55. The van der Waals surface area contributed by atoms with Crippen molar-refractivity contribution >= 4 is 40.9 Å². The van der Waals surface area contributed by atoms with Crippen molar-refractivity contribution in [1.82, 2.24) is 4.90 Å². The van der Waals surface area contributed by atoms with Crippen LogP contribution in [-0.4, -0.2) is 36.6 Å². The van der Waals surface area contributed by atoms with Gasteiger partial charge in [-0.2, -0.15) is 0 Å². The van der Waals surface area contributed by atoms with Crippen LogP contribution in [0, 0.1) is 12.3 Å². The molecule has 0 spiro atoms. The number of carbonyl (C=O) groups excluding carboxylic acids is 2. The third-order valence-electron chi connectivity index (χ3n) is 5.60. The Kier molecular flexibility index (Phi) is 7.27. The third-order valence-corrected chi connectivity index (χ3v) is 6.09. The highest BCUT2D eigenvalue weighted by Gasteiger charge is 2.43. The number of amides is 2. The molecule has 1 aliphatic heterocycles. The highest BCUT2D eigenvalue weighted by Crippen LogP contribution is 2.37. The van der Waals surface area contributed by atoms with Crippen molar-refractivity contribution in [3.05, 3.63) is 63.6 Å². The molecule has 0 radical (unpaired) electrons. The quantitative estimate of drug-likeness (QED) is 0.594. The van der Waals surface area contributed by atoms with E-state index in [1.54, 1.807) is 17.0 Å². The van der Waals surface area contributed by atoms with Gasteiger partial charge in [0, 0.05) is 28.8 Å². The number of ether oxygens (including phenoxy) is 1. The number of hydrogen-bond acceptors (Lipinski definition) is 3. The molecule has 2 aromatic carbocycles. The molecule has 160 valence electrons. The van der Waals surface area contributed by atoms with Crippen LogP contribution in [0.15, 0.2) is 42.5 Å². The fourth-order valence-corrected chi connectivity index (χ4v) is 4.18. The zero-order chi connectivity index (χ0) is 21.7. The van der Waals surface area contributed by atoms with E-state index in [0.717, 1.165) is 16.8 Å². The average molecular weight is 449 g/mol. The van der Waals surface area contributed by atoms with Gasteiger partial charge in [-0.1, -0.05) is 35.3 Å². The zero-order valence-corrected chi connectivity index (χ0v) is 18.7. The summed E-state index contributed by atoms with van der Waals surface area (Å²) in [4.78, 5) is 27.4. The number of carbonyl (C=O) groups is 2. The van der Waals surface area contributed by atoms with E-state index in [-0.39, 0.29) is 12.0 Å².